The fourth-order valence-electron chi connectivity index (χ4n) is 1.43. The molecule has 0 aliphatic carbocycles. The summed E-state index contributed by atoms with van der Waals surface area (Å²) in [5, 5.41) is 20.4. The van der Waals surface area contributed by atoms with E-state index < -0.39 is 5.41 Å². The van der Waals surface area contributed by atoms with Crippen LogP contribution in [-0.2, 0) is 0 Å². The topological polar surface area (TPSA) is 59.0 Å². The molecule has 0 atom stereocenters. The summed E-state index contributed by atoms with van der Waals surface area (Å²) in [5.74, 6) is 0. The Morgan fingerprint density at radius 1 is 1.13 bits per heavy atom. The minimum absolute atomic E-state index is 0.00421. The number of aliphatic hydroxyl groups is 2. The summed E-state index contributed by atoms with van der Waals surface area (Å²) in [4.78, 5) is 2.29. The van der Waals surface area contributed by atoms with E-state index in [0.717, 1.165) is 26.2 Å². The van der Waals surface area contributed by atoms with Crippen molar-refractivity contribution in [2.24, 2.45) is 5.41 Å². The Bertz CT molecular complexity index is 178. The van der Waals surface area contributed by atoms with Crippen LogP contribution in [0.15, 0.2) is 0 Å². The van der Waals surface area contributed by atoms with Crippen molar-refractivity contribution >= 4 is 0 Å². The Labute approximate surface area is 91.6 Å². The van der Waals surface area contributed by atoms with Crippen molar-refractivity contribution in [3.63, 3.8) is 0 Å². The summed E-state index contributed by atoms with van der Waals surface area (Å²) in [6, 6.07) is 0. The predicted molar refractivity (Wildman–Crippen MR) is 59.4 cm³/mol. The average molecular weight is 217 g/mol. The Kier molecular flexibility index (Phi) is 4.95. The molecule has 1 fully saturated rings. The third-order valence-corrected chi connectivity index (χ3v) is 3.00. The smallest absolute Gasteiger partial charge is 0.0519 e. The first-order valence-electron chi connectivity index (χ1n) is 5.48. The van der Waals surface area contributed by atoms with Crippen molar-refractivity contribution in [1.82, 2.24) is 15.3 Å². The number of piperazine rings is 1. The SMILES string of the molecule is CN1CCN(NCC(C)(CO)CO)CC1. The van der Waals surface area contributed by atoms with E-state index in [-0.39, 0.29) is 13.2 Å². The summed E-state index contributed by atoms with van der Waals surface area (Å²) >= 11 is 0. The highest BCUT2D eigenvalue weighted by Gasteiger charge is 2.23. The highest BCUT2D eigenvalue weighted by Crippen LogP contribution is 2.12. The molecule has 5 heteroatoms. The van der Waals surface area contributed by atoms with Gasteiger partial charge in [-0.3, -0.25) is 5.43 Å². The number of likely N-dealkylation sites (N-methyl/N-ethyl adjacent to an activating group) is 1. The average Bonchev–Trinajstić information content (AvgIpc) is 2.28. The minimum Gasteiger partial charge on any atom is -0.396 e. The zero-order chi connectivity index (χ0) is 11.3. The van der Waals surface area contributed by atoms with E-state index in [1.54, 1.807) is 0 Å². The molecule has 0 amide bonds. The van der Waals surface area contributed by atoms with E-state index in [4.69, 9.17) is 10.2 Å². The first-order valence-corrected chi connectivity index (χ1v) is 5.48. The highest BCUT2D eigenvalue weighted by molar-refractivity contribution is 4.75. The second-order valence-corrected chi connectivity index (χ2v) is 4.75. The molecule has 5 nitrogen and oxygen atoms in total. The molecule has 0 saturated carbocycles. The van der Waals surface area contributed by atoms with E-state index >= 15 is 0 Å². The summed E-state index contributed by atoms with van der Waals surface area (Å²) in [7, 11) is 2.11. The van der Waals surface area contributed by atoms with Gasteiger partial charge in [-0.1, -0.05) is 6.92 Å². The number of hydrogen-bond acceptors (Lipinski definition) is 5. The van der Waals surface area contributed by atoms with Gasteiger partial charge >= 0.3 is 0 Å². The Hall–Kier alpha value is -0.200. The summed E-state index contributed by atoms with van der Waals surface area (Å²) in [6.45, 7) is 6.59. The van der Waals surface area contributed by atoms with Crippen molar-refractivity contribution in [2.45, 2.75) is 6.92 Å². The number of hydrazine groups is 1. The van der Waals surface area contributed by atoms with Gasteiger partial charge in [-0.05, 0) is 7.05 Å². The predicted octanol–water partition coefficient (Wildman–Crippen LogP) is -1.27. The molecule has 90 valence electrons. The fraction of sp³-hybridized carbons (Fsp3) is 1.00. The molecule has 0 unspecified atom stereocenters. The second-order valence-electron chi connectivity index (χ2n) is 4.75. The van der Waals surface area contributed by atoms with E-state index in [9.17, 15) is 0 Å². The molecule has 3 N–H and O–H groups in total. The second kappa shape index (κ2) is 5.77. The molecular formula is C10H23N3O2. The van der Waals surface area contributed by atoms with Gasteiger partial charge in [0, 0.05) is 38.1 Å². The quantitative estimate of drug-likeness (QED) is 0.536. The number of nitrogens with zero attached hydrogens (tertiary/aromatic N) is 2. The van der Waals surface area contributed by atoms with E-state index in [0.29, 0.717) is 6.54 Å². The molecule has 0 aromatic heterocycles. The normalized spacial score (nSPS) is 20.8. The first kappa shape index (κ1) is 12.9. The summed E-state index contributed by atoms with van der Waals surface area (Å²) in [6.07, 6.45) is 0. The zero-order valence-corrected chi connectivity index (χ0v) is 9.74. The number of nitrogens with one attached hydrogen (secondary N) is 1. The van der Waals surface area contributed by atoms with Gasteiger partial charge in [0.1, 0.15) is 0 Å². The van der Waals surface area contributed by atoms with Crippen LogP contribution in [0.1, 0.15) is 6.92 Å². The third-order valence-electron chi connectivity index (χ3n) is 3.00. The van der Waals surface area contributed by atoms with Crippen molar-refractivity contribution in [1.29, 1.82) is 0 Å². The minimum atomic E-state index is -0.427. The number of hydrogen-bond donors (Lipinski definition) is 3. The van der Waals surface area contributed by atoms with E-state index in [1.165, 1.54) is 0 Å². The standard InChI is InChI=1S/C10H23N3O2/c1-10(8-14,9-15)7-11-13-5-3-12(2)4-6-13/h11,14-15H,3-9H2,1-2H3. The molecule has 1 aliphatic rings. The molecule has 0 spiro atoms. The molecule has 1 heterocycles. The molecule has 15 heavy (non-hydrogen) atoms. The highest BCUT2D eigenvalue weighted by atomic mass is 16.3. The van der Waals surface area contributed by atoms with Crippen molar-refractivity contribution < 1.29 is 10.2 Å². The van der Waals surface area contributed by atoms with Gasteiger partial charge in [0.2, 0.25) is 0 Å². The molecule has 0 aromatic carbocycles. The van der Waals surface area contributed by atoms with E-state index in [2.05, 4.69) is 22.4 Å². The maximum absolute atomic E-state index is 9.13. The number of rotatable bonds is 5. The molecule has 1 aliphatic heterocycles. The lowest BCUT2D eigenvalue weighted by Gasteiger charge is -2.35. The van der Waals surface area contributed by atoms with Crippen LogP contribution in [0.5, 0.6) is 0 Å². The third kappa shape index (κ3) is 4.04. The largest absolute Gasteiger partial charge is 0.396 e. The van der Waals surface area contributed by atoms with Crippen molar-refractivity contribution in [2.75, 3.05) is 53.0 Å². The lowest BCUT2D eigenvalue weighted by Crippen LogP contribution is -2.53. The fourth-order valence-corrected chi connectivity index (χ4v) is 1.43. The van der Waals surface area contributed by atoms with Crippen LogP contribution in [0.2, 0.25) is 0 Å². The van der Waals surface area contributed by atoms with Crippen LogP contribution in [0.3, 0.4) is 0 Å². The van der Waals surface area contributed by atoms with Gasteiger partial charge in [-0.15, -0.1) is 0 Å². The molecule has 0 radical (unpaired) electrons. The molecule has 1 saturated heterocycles. The Morgan fingerprint density at radius 2 is 1.67 bits per heavy atom. The molecule has 1 rings (SSSR count). The van der Waals surface area contributed by atoms with E-state index in [1.807, 2.05) is 6.92 Å². The Morgan fingerprint density at radius 3 is 2.13 bits per heavy atom. The van der Waals surface area contributed by atoms with Gasteiger partial charge in [-0.25, -0.2) is 5.01 Å². The molecule has 0 aromatic rings. The maximum atomic E-state index is 9.13. The van der Waals surface area contributed by atoms with Crippen molar-refractivity contribution in [3.8, 4) is 0 Å². The van der Waals surface area contributed by atoms with Gasteiger partial charge < -0.3 is 15.1 Å². The summed E-state index contributed by atoms with van der Waals surface area (Å²) in [5.41, 5.74) is 2.84. The van der Waals surface area contributed by atoms with Gasteiger partial charge in [0.25, 0.3) is 0 Å². The van der Waals surface area contributed by atoms with Crippen LogP contribution >= 0.6 is 0 Å². The maximum Gasteiger partial charge on any atom is 0.0519 e. The summed E-state index contributed by atoms with van der Waals surface area (Å²) < 4.78 is 0. The lowest BCUT2D eigenvalue weighted by atomic mass is 9.93. The molecule has 0 bridgehead atoms. The van der Waals surface area contributed by atoms with Crippen LogP contribution in [0, 0.1) is 5.41 Å². The molecular weight excluding hydrogens is 194 g/mol. The van der Waals surface area contributed by atoms with Gasteiger partial charge in [0.15, 0.2) is 0 Å². The first-order chi connectivity index (χ1) is 7.09. The zero-order valence-electron chi connectivity index (χ0n) is 9.74. The monoisotopic (exact) mass is 217 g/mol. The van der Waals surface area contributed by atoms with Crippen LogP contribution in [-0.4, -0.2) is 73.1 Å². The van der Waals surface area contributed by atoms with Gasteiger partial charge in [0.05, 0.1) is 13.2 Å². The van der Waals surface area contributed by atoms with Crippen LogP contribution in [0.4, 0.5) is 0 Å². The van der Waals surface area contributed by atoms with Gasteiger partial charge in [-0.2, -0.15) is 0 Å². The van der Waals surface area contributed by atoms with Crippen LogP contribution in [0.25, 0.3) is 0 Å². The van der Waals surface area contributed by atoms with Crippen LogP contribution < -0.4 is 5.43 Å². The lowest BCUT2D eigenvalue weighted by molar-refractivity contribution is 0.0319. The number of aliphatic hydroxyl groups excluding tert-OH is 2. The van der Waals surface area contributed by atoms with Crippen molar-refractivity contribution in [3.05, 3.63) is 0 Å². The Balaban J connectivity index is 2.24.